The minimum atomic E-state index is -3.75. The first-order valence-electron chi connectivity index (χ1n) is 14.8. The van der Waals surface area contributed by atoms with Crippen LogP contribution in [0.5, 0.6) is 0 Å². The molecule has 184 valence electrons. The third-order valence-corrected chi connectivity index (χ3v) is 8.83. The first kappa shape index (κ1) is 17.9. The highest BCUT2D eigenvalue weighted by atomic mass is 32.2. The molecule has 0 saturated heterocycles. The van der Waals surface area contributed by atoms with Gasteiger partial charge in [-0.15, -0.1) is 0 Å². The van der Waals surface area contributed by atoms with Gasteiger partial charge in [0.05, 0.1) is 33.4 Å². The maximum absolute atomic E-state index is 13.7. The van der Waals surface area contributed by atoms with Crippen LogP contribution in [0.4, 0.5) is 0 Å². The number of hydrogen-bond donors (Lipinski definition) is 0. The highest BCUT2D eigenvalue weighted by molar-refractivity contribution is 7.92. The summed E-state index contributed by atoms with van der Waals surface area (Å²) >= 11 is 0. The van der Waals surface area contributed by atoms with Gasteiger partial charge in [0.1, 0.15) is 5.82 Å². The first-order chi connectivity index (χ1) is 20.6. The highest BCUT2D eigenvalue weighted by Crippen LogP contribution is 2.41. The van der Waals surface area contributed by atoms with Gasteiger partial charge in [0, 0.05) is 6.42 Å². The quantitative estimate of drug-likeness (QED) is 0.240. The third-order valence-electron chi connectivity index (χ3n) is 7.01. The minimum absolute atomic E-state index is 0.165. The van der Waals surface area contributed by atoms with Crippen molar-refractivity contribution in [3.05, 3.63) is 121 Å². The molecule has 1 aromatic heterocycles. The Labute approximate surface area is 228 Å². The molecule has 0 unspecified atom stereocenters. The van der Waals surface area contributed by atoms with Crippen LogP contribution in [0.15, 0.2) is 125 Å². The summed E-state index contributed by atoms with van der Waals surface area (Å²) in [5, 5.41) is 0. The molecule has 0 saturated carbocycles. The molecule has 0 amide bonds. The summed E-state index contributed by atoms with van der Waals surface area (Å²) in [6, 6.07) is 24.1. The van der Waals surface area contributed by atoms with Crippen molar-refractivity contribution in [1.82, 2.24) is 9.55 Å². The zero-order valence-electron chi connectivity index (χ0n) is 25.4. The Bertz CT molecular complexity index is 2200. The van der Waals surface area contributed by atoms with Crippen LogP contribution < -0.4 is 0 Å². The maximum Gasteiger partial charge on any atom is 0.210 e. The second-order valence-corrected chi connectivity index (χ2v) is 11.1. The zero-order chi connectivity index (χ0) is 30.2. The fourth-order valence-electron chi connectivity index (χ4n) is 5.16. The van der Waals surface area contributed by atoms with Crippen molar-refractivity contribution in [2.24, 2.45) is 0 Å². The molecule has 0 spiro atoms. The van der Waals surface area contributed by atoms with Crippen LogP contribution >= 0.6 is 0 Å². The average molecular weight is 518 g/mol. The molecule has 1 aliphatic heterocycles. The molecule has 5 heteroatoms. The van der Waals surface area contributed by atoms with Gasteiger partial charge in [0.15, 0.2) is 0 Å². The lowest BCUT2D eigenvalue weighted by Gasteiger charge is -2.21. The van der Waals surface area contributed by atoms with Gasteiger partial charge in [0.25, 0.3) is 0 Å². The van der Waals surface area contributed by atoms with E-state index in [1.165, 1.54) is 0 Å². The molecular formula is C33H24N2O2S. The van der Waals surface area contributed by atoms with E-state index in [0.29, 0.717) is 28.7 Å². The Morgan fingerprint density at radius 1 is 0.711 bits per heavy atom. The van der Waals surface area contributed by atoms with Gasteiger partial charge in [0.2, 0.25) is 9.84 Å². The molecule has 1 aliphatic rings. The number of fused-ring (bicyclic) bond motifs is 2. The molecule has 5 aromatic carbocycles. The lowest BCUT2D eigenvalue weighted by atomic mass is 9.98. The molecule has 0 N–H and O–H groups in total. The van der Waals surface area contributed by atoms with Gasteiger partial charge in [-0.1, -0.05) is 97.8 Å². The number of imidazole rings is 1. The van der Waals surface area contributed by atoms with Crippen molar-refractivity contribution < 1.29 is 15.3 Å². The van der Waals surface area contributed by atoms with Crippen LogP contribution in [0.1, 0.15) is 19.6 Å². The Morgan fingerprint density at radius 2 is 1.29 bits per heavy atom. The minimum Gasteiger partial charge on any atom is -0.294 e. The van der Waals surface area contributed by atoms with E-state index in [1.54, 1.807) is 30.3 Å². The average Bonchev–Trinajstić information content (AvgIpc) is 3.41. The van der Waals surface area contributed by atoms with E-state index in [-0.39, 0.29) is 39.5 Å². The first-order valence-corrected chi connectivity index (χ1v) is 13.8. The fraction of sp³-hybridized carbons (Fsp3) is 0.0606. The van der Waals surface area contributed by atoms with Gasteiger partial charge in [-0.05, 0) is 57.6 Å². The topological polar surface area (TPSA) is 52.0 Å². The van der Waals surface area contributed by atoms with Crippen molar-refractivity contribution >= 4 is 20.9 Å². The second-order valence-electron chi connectivity index (χ2n) is 9.18. The van der Waals surface area contributed by atoms with Crippen LogP contribution in [0, 0.1) is 0 Å². The van der Waals surface area contributed by atoms with Crippen molar-refractivity contribution in [2.75, 3.05) is 0 Å². The van der Waals surface area contributed by atoms with Crippen molar-refractivity contribution in [3.63, 3.8) is 0 Å². The van der Waals surface area contributed by atoms with Gasteiger partial charge in [-0.3, -0.25) is 4.57 Å². The summed E-state index contributed by atoms with van der Waals surface area (Å²) in [5.41, 5.74) is 5.97. The Balaban J connectivity index is 1.27. The van der Waals surface area contributed by atoms with Crippen molar-refractivity contribution in [2.45, 2.75) is 23.1 Å². The molecule has 0 aliphatic carbocycles. The second kappa shape index (κ2) is 8.54. The number of nitrogens with zero attached hydrogens (tertiary/aromatic N) is 2. The standard InChI is InChI=1S/C33H24N2O2S/c1-2-32-34-28-20-27(21-31-33(28)35(32)29-10-6-7-11-30(29)38(31,36)37)26-18-16-25(17-19-26)24-14-12-23(13-15-24)22-8-4-3-5-9-22/h3-21H,2H2,1H3/i3D,4D,5D,8D,9D. The predicted octanol–water partition coefficient (Wildman–Crippen LogP) is 7.74. The molecule has 7 rings (SSSR count). The number of hydrogen-bond acceptors (Lipinski definition) is 3. The lowest BCUT2D eigenvalue weighted by molar-refractivity contribution is 0.594. The third kappa shape index (κ3) is 3.43. The van der Waals surface area contributed by atoms with Crippen LogP contribution in [-0.2, 0) is 16.3 Å². The van der Waals surface area contributed by atoms with E-state index < -0.39 is 15.9 Å². The van der Waals surface area contributed by atoms with E-state index in [2.05, 4.69) is 0 Å². The maximum atomic E-state index is 13.7. The monoisotopic (exact) mass is 517 g/mol. The van der Waals surface area contributed by atoms with Gasteiger partial charge < -0.3 is 0 Å². The normalized spacial score (nSPS) is 15.2. The van der Waals surface area contributed by atoms with Gasteiger partial charge in [-0.2, -0.15) is 0 Å². The number of aryl methyl sites for hydroxylation is 1. The zero-order valence-corrected chi connectivity index (χ0v) is 21.2. The van der Waals surface area contributed by atoms with Crippen LogP contribution in [0.2, 0.25) is 0 Å². The molecule has 0 atom stereocenters. The van der Waals surface area contributed by atoms with Crippen LogP contribution in [-0.4, -0.2) is 18.0 Å². The number of para-hydroxylation sites is 1. The molecule has 6 aromatic rings. The number of aromatic nitrogens is 2. The smallest absolute Gasteiger partial charge is 0.210 e. The summed E-state index contributed by atoms with van der Waals surface area (Å²) in [6.07, 6.45) is 0.654. The molecule has 2 heterocycles. The summed E-state index contributed by atoms with van der Waals surface area (Å²) in [7, 11) is -3.75. The number of rotatable bonds is 4. The molecule has 0 radical (unpaired) electrons. The molecular weight excluding hydrogens is 488 g/mol. The number of benzene rings is 5. The highest BCUT2D eigenvalue weighted by Gasteiger charge is 2.33. The molecule has 0 bridgehead atoms. The Kier molecular flexibility index (Phi) is 4.02. The lowest BCUT2D eigenvalue weighted by Crippen LogP contribution is -2.15. The summed E-state index contributed by atoms with van der Waals surface area (Å²) in [4.78, 5) is 5.34. The summed E-state index contributed by atoms with van der Waals surface area (Å²) in [6.45, 7) is 2.01. The number of sulfone groups is 1. The van der Waals surface area contributed by atoms with Crippen molar-refractivity contribution in [1.29, 1.82) is 0 Å². The van der Waals surface area contributed by atoms with E-state index in [9.17, 15) is 8.42 Å². The van der Waals surface area contributed by atoms with E-state index in [1.807, 2.05) is 66.1 Å². The fourth-order valence-corrected chi connectivity index (χ4v) is 6.82. The summed E-state index contributed by atoms with van der Waals surface area (Å²) < 4.78 is 69.7. The van der Waals surface area contributed by atoms with Crippen LogP contribution in [0.3, 0.4) is 0 Å². The van der Waals surface area contributed by atoms with Gasteiger partial charge >= 0.3 is 0 Å². The van der Waals surface area contributed by atoms with Crippen LogP contribution in [0.25, 0.3) is 50.1 Å². The van der Waals surface area contributed by atoms with Crippen molar-refractivity contribution in [3.8, 4) is 39.1 Å². The van der Waals surface area contributed by atoms with Gasteiger partial charge in [-0.25, -0.2) is 13.4 Å². The molecule has 4 nitrogen and oxygen atoms in total. The Morgan fingerprint density at radius 3 is 1.92 bits per heavy atom. The molecule has 0 fully saturated rings. The van der Waals surface area contributed by atoms with E-state index >= 15 is 0 Å². The summed E-state index contributed by atoms with van der Waals surface area (Å²) in [5.74, 6) is 0.804. The van der Waals surface area contributed by atoms with E-state index in [4.69, 9.17) is 11.8 Å². The van der Waals surface area contributed by atoms with E-state index in [0.717, 1.165) is 28.1 Å². The Hall–Kier alpha value is -4.48. The predicted molar refractivity (Wildman–Crippen MR) is 152 cm³/mol. The molecule has 38 heavy (non-hydrogen) atoms. The SMILES string of the molecule is [2H]c1c([2H])c([2H])c(-c2ccc(-c3ccc(-c4cc5c6c(c4)nc(CC)n6-c4ccccc4S5(=O)=O)cc3)cc2)c([2H])c1[2H]. The largest absolute Gasteiger partial charge is 0.294 e.